The van der Waals surface area contributed by atoms with E-state index in [4.69, 9.17) is 0 Å². The van der Waals surface area contributed by atoms with Gasteiger partial charge in [0, 0.05) is 18.8 Å². The highest BCUT2D eigenvalue weighted by Crippen LogP contribution is 2.33. The van der Waals surface area contributed by atoms with Crippen LogP contribution in [0.25, 0.3) is 0 Å². The Labute approximate surface area is 106 Å². The van der Waals surface area contributed by atoms with Gasteiger partial charge in [-0.3, -0.25) is 0 Å². The van der Waals surface area contributed by atoms with Crippen molar-refractivity contribution < 1.29 is 5.11 Å². The number of rotatable bonds is 3. The Morgan fingerprint density at radius 2 is 2.28 bits per heavy atom. The van der Waals surface area contributed by atoms with Gasteiger partial charge in [-0.1, -0.05) is 6.07 Å². The standard InChI is InChI=1S/C14H15N3O/c18-12-2-3-13-10(7-12)1-4-14(13)16-8-11-5-6-15-9-17-11/h2-3,5-7,9,14,16,18H,1,4,8H2. The monoisotopic (exact) mass is 241 g/mol. The van der Waals surface area contributed by atoms with Crippen LogP contribution in [0.4, 0.5) is 0 Å². The largest absolute Gasteiger partial charge is 0.508 e. The average Bonchev–Trinajstić information content (AvgIpc) is 2.80. The summed E-state index contributed by atoms with van der Waals surface area (Å²) in [6, 6.07) is 7.90. The molecule has 4 nitrogen and oxygen atoms in total. The number of fused-ring (bicyclic) bond motifs is 1. The Hall–Kier alpha value is -1.94. The fraction of sp³-hybridized carbons (Fsp3) is 0.286. The number of aromatic hydroxyl groups is 1. The highest BCUT2D eigenvalue weighted by molar-refractivity contribution is 5.40. The number of nitrogens with one attached hydrogen (secondary N) is 1. The van der Waals surface area contributed by atoms with Crippen LogP contribution in [0, 0.1) is 0 Å². The summed E-state index contributed by atoms with van der Waals surface area (Å²) in [6.07, 6.45) is 5.41. The molecule has 2 aromatic rings. The molecule has 1 aliphatic carbocycles. The smallest absolute Gasteiger partial charge is 0.115 e. The minimum atomic E-state index is 0.352. The predicted octanol–water partition coefficient (Wildman–Crippen LogP) is 1.96. The van der Waals surface area contributed by atoms with E-state index in [0.717, 1.165) is 25.1 Å². The van der Waals surface area contributed by atoms with Gasteiger partial charge in [0.05, 0.1) is 5.69 Å². The summed E-state index contributed by atoms with van der Waals surface area (Å²) in [5.41, 5.74) is 3.54. The number of nitrogens with zero attached hydrogens (tertiary/aromatic N) is 2. The van der Waals surface area contributed by atoms with E-state index in [9.17, 15) is 5.11 Å². The first-order valence-electron chi connectivity index (χ1n) is 6.13. The van der Waals surface area contributed by atoms with Crippen molar-refractivity contribution in [1.82, 2.24) is 15.3 Å². The molecule has 0 saturated carbocycles. The lowest BCUT2D eigenvalue weighted by Crippen LogP contribution is -2.19. The molecule has 1 aliphatic rings. The Bertz CT molecular complexity index is 542. The summed E-state index contributed by atoms with van der Waals surface area (Å²) in [5, 5.41) is 13.0. The van der Waals surface area contributed by atoms with Crippen LogP contribution in [-0.2, 0) is 13.0 Å². The molecule has 0 bridgehead atoms. The minimum Gasteiger partial charge on any atom is -0.508 e. The molecule has 18 heavy (non-hydrogen) atoms. The van der Waals surface area contributed by atoms with Crippen LogP contribution in [0.3, 0.4) is 0 Å². The molecule has 2 N–H and O–H groups in total. The second-order valence-corrected chi connectivity index (χ2v) is 4.56. The molecule has 0 amide bonds. The van der Waals surface area contributed by atoms with Crippen LogP contribution < -0.4 is 5.32 Å². The number of phenols is 1. The lowest BCUT2D eigenvalue weighted by Gasteiger charge is -2.13. The Morgan fingerprint density at radius 3 is 3.11 bits per heavy atom. The lowest BCUT2D eigenvalue weighted by atomic mass is 10.1. The number of hydrogen-bond donors (Lipinski definition) is 2. The molecule has 0 spiro atoms. The molecule has 0 radical (unpaired) electrons. The molecule has 0 aliphatic heterocycles. The van der Waals surface area contributed by atoms with E-state index in [-0.39, 0.29) is 0 Å². The summed E-state index contributed by atoms with van der Waals surface area (Å²) < 4.78 is 0. The molecule has 1 unspecified atom stereocenters. The normalized spacial score (nSPS) is 17.7. The van der Waals surface area contributed by atoms with Crippen molar-refractivity contribution in [2.75, 3.05) is 0 Å². The molecule has 4 heteroatoms. The molecule has 3 rings (SSSR count). The van der Waals surface area contributed by atoms with Gasteiger partial charge >= 0.3 is 0 Å². The third-order valence-corrected chi connectivity index (χ3v) is 3.38. The maximum absolute atomic E-state index is 9.45. The summed E-state index contributed by atoms with van der Waals surface area (Å²) in [4.78, 5) is 8.10. The van der Waals surface area contributed by atoms with E-state index >= 15 is 0 Å². The van der Waals surface area contributed by atoms with Gasteiger partial charge < -0.3 is 10.4 Å². The molecule has 0 saturated heterocycles. The zero-order valence-corrected chi connectivity index (χ0v) is 10.0. The second-order valence-electron chi connectivity index (χ2n) is 4.56. The molecular formula is C14H15N3O. The van der Waals surface area contributed by atoms with Crippen molar-refractivity contribution in [3.8, 4) is 5.75 Å². The number of aromatic nitrogens is 2. The van der Waals surface area contributed by atoms with Gasteiger partial charge in [0.15, 0.2) is 0 Å². The van der Waals surface area contributed by atoms with Gasteiger partial charge in [-0.05, 0) is 42.2 Å². The first-order valence-corrected chi connectivity index (χ1v) is 6.13. The first-order chi connectivity index (χ1) is 8.83. The van der Waals surface area contributed by atoms with E-state index in [1.807, 2.05) is 18.2 Å². The number of phenolic OH excluding ortho intramolecular Hbond substituents is 1. The van der Waals surface area contributed by atoms with Crippen molar-refractivity contribution in [3.05, 3.63) is 53.6 Å². The highest BCUT2D eigenvalue weighted by Gasteiger charge is 2.22. The van der Waals surface area contributed by atoms with Gasteiger partial charge in [-0.2, -0.15) is 0 Å². The van der Waals surface area contributed by atoms with Crippen molar-refractivity contribution in [2.24, 2.45) is 0 Å². The molecule has 1 atom stereocenters. The summed E-state index contributed by atoms with van der Waals surface area (Å²) >= 11 is 0. The summed E-state index contributed by atoms with van der Waals surface area (Å²) in [6.45, 7) is 0.744. The SMILES string of the molecule is Oc1ccc2c(c1)CCC2NCc1ccncn1. The van der Waals surface area contributed by atoms with E-state index in [0.29, 0.717) is 11.8 Å². The summed E-state index contributed by atoms with van der Waals surface area (Å²) in [5.74, 6) is 0.352. The Balaban J connectivity index is 1.70. The fourth-order valence-corrected chi connectivity index (χ4v) is 2.47. The maximum atomic E-state index is 9.45. The zero-order valence-electron chi connectivity index (χ0n) is 10.0. The number of hydrogen-bond acceptors (Lipinski definition) is 4. The van der Waals surface area contributed by atoms with Crippen molar-refractivity contribution in [2.45, 2.75) is 25.4 Å². The fourth-order valence-electron chi connectivity index (χ4n) is 2.47. The topological polar surface area (TPSA) is 58.0 Å². The van der Waals surface area contributed by atoms with E-state index < -0.39 is 0 Å². The van der Waals surface area contributed by atoms with E-state index in [1.54, 1.807) is 18.6 Å². The third kappa shape index (κ3) is 2.19. The van der Waals surface area contributed by atoms with Gasteiger partial charge in [-0.25, -0.2) is 9.97 Å². The quantitative estimate of drug-likeness (QED) is 0.862. The van der Waals surface area contributed by atoms with Crippen molar-refractivity contribution in [3.63, 3.8) is 0 Å². The summed E-state index contributed by atoms with van der Waals surface area (Å²) in [7, 11) is 0. The lowest BCUT2D eigenvalue weighted by molar-refractivity contribution is 0.474. The van der Waals surface area contributed by atoms with Crippen LogP contribution in [0.1, 0.15) is 29.3 Å². The predicted molar refractivity (Wildman–Crippen MR) is 68.0 cm³/mol. The van der Waals surface area contributed by atoms with Crippen molar-refractivity contribution in [1.29, 1.82) is 0 Å². The molecule has 1 aromatic heterocycles. The number of benzene rings is 1. The third-order valence-electron chi connectivity index (χ3n) is 3.38. The van der Waals surface area contributed by atoms with E-state index in [2.05, 4.69) is 15.3 Å². The molecule has 1 aromatic carbocycles. The minimum absolute atomic E-state index is 0.352. The first kappa shape index (κ1) is 11.2. The van der Waals surface area contributed by atoms with Gasteiger partial charge in [0.2, 0.25) is 0 Å². The van der Waals surface area contributed by atoms with Gasteiger partial charge in [0.1, 0.15) is 12.1 Å². The second kappa shape index (κ2) is 4.74. The molecule has 0 fully saturated rings. The molecule has 1 heterocycles. The van der Waals surface area contributed by atoms with Crippen LogP contribution in [-0.4, -0.2) is 15.1 Å². The van der Waals surface area contributed by atoms with Crippen LogP contribution in [0.2, 0.25) is 0 Å². The molecular weight excluding hydrogens is 226 g/mol. The Morgan fingerprint density at radius 1 is 1.33 bits per heavy atom. The average molecular weight is 241 g/mol. The van der Waals surface area contributed by atoms with Gasteiger partial charge in [0.25, 0.3) is 0 Å². The molecule has 92 valence electrons. The van der Waals surface area contributed by atoms with Crippen LogP contribution >= 0.6 is 0 Å². The van der Waals surface area contributed by atoms with Crippen molar-refractivity contribution >= 4 is 0 Å². The van der Waals surface area contributed by atoms with Crippen LogP contribution in [0.15, 0.2) is 36.8 Å². The van der Waals surface area contributed by atoms with E-state index in [1.165, 1.54) is 11.1 Å². The number of aryl methyl sites for hydroxylation is 1. The van der Waals surface area contributed by atoms with Gasteiger partial charge in [-0.15, -0.1) is 0 Å². The highest BCUT2D eigenvalue weighted by atomic mass is 16.3. The Kier molecular flexibility index (Phi) is 2.94. The maximum Gasteiger partial charge on any atom is 0.115 e. The zero-order chi connectivity index (χ0) is 12.4. The van der Waals surface area contributed by atoms with Crippen LogP contribution in [0.5, 0.6) is 5.75 Å².